The van der Waals surface area contributed by atoms with Crippen LogP contribution in [0.3, 0.4) is 0 Å². The number of ether oxygens (including phenoxy) is 2. The molecule has 4 N–H and O–H groups in total. The lowest BCUT2D eigenvalue weighted by molar-refractivity contribution is -0.260. The summed E-state index contributed by atoms with van der Waals surface area (Å²) in [5, 5.41) is 16.9. The Morgan fingerprint density at radius 3 is 2.57 bits per heavy atom. The average Bonchev–Trinajstić information content (AvgIpc) is 3.15. The summed E-state index contributed by atoms with van der Waals surface area (Å²) >= 11 is 0. The summed E-state index contributed by atoms with van der Waals surface area (Å²) in [6.07, 6.45) is -4.14. The van der Waals surface area contributed by atoms with E-state index in [1.54, 1.807) is 56.3 Å². The lowest BCUT2D eigenvalue weighted by atomic mass is 9.74. The fraction of sp³-hybridized carbons (Fsp3) is 0.381. The van der Waals surface area contributed by atoms with Gasteiger partial charge in [0.15, 0.2) is 17.1 Å². The molecule has 0 amide bonds. The quantitative estimate of drug-likeness (QED) is 0.358. The molecule has 3 rings (SSSR count). The maximum atomic E-state index is 14.0. The number of para-hydroxylation sites is 2. The molecule has 9 heteroatoms. The molecule has 0 saturated heterocycles. The Hall–Kier alpha value is -2.94. The summed E-state index contributed by atoms with van der Waals surface area (Å²) < 4.78 is 52.7. The van der Waals surface area contributed by atoms with Crippen LogP contribution in [0.15, 0.2) is 47.6 Å². The monoisotopic (exact) mass is 423 g/mol. The first-order valence-corrected chi connectivity index (χ1v) is 9.32. The maximum Gasteiger partial charge on any atom is 0.418 e. The first kappa shape index (κ1) is 21.8. The topological polar surface area (TPSA) is 89.1 Å². The van der Waals surface area contributed by atoms with Crippen LogP contribution in [0.5, 0.6) is 11.5 Å². The second-order valence-corrected chi connectivity index (χ2v) is 7.85. The summed E-state index contributed by atoms with van der Waals surface area (Å²) in [5.74, 6) is 6.05. The third-order valence-corrected chi connectivity index (χ3v) is 5.13. The van der Waals surface area contributed by atoms with Crippen LogP contribution in [0.4, 0.5) is 18.9 Å². The van der Waals surface area contributed by atoms with Crippen molar-refractivity contribution in [2.75, 3.05) is 18.7 Å². The first-order valence-electron chi connectivity index (χ1n) is 9.32. The van der Waals surface area contributed by atoms with Gasteiger partial charge in [-0.05, 0) is 24.0 Å². The van der Waals surface area contributed by atoms with Crippen LogP contribution in [-0.4, -0.2) is 36.4 Å². The molecule has 0 aliphatic carbocycles. The number of hydrogen-bond donors (Lipinski definition) is 3. The van der Waals surface area contributed by atoms with Gasteiger partial charge in [-0.25, -0.2) is 0 Å². The van der Waals surface area contributed by atoms with Crippen LogP contribution < -0.4 is 20.6 Å². The Morgan fingerprint density at radius 1 is 1.13 bits per heavy atom. The van der Waals surface area contributed by atoms with E-state index < -0.39 is 30.2 Å². The average molecular weight is 423 g/mol. The maximum absolute atomic E-state index is 14.0. The van der Waals surface area contributed by atoms with Crippen molar-refractivity contribution in [2.24, 2.45) is 10.9 Å². The van der Waals surface area contributed by atoms with Crippen molar-refractivity contribution in [3.63, 3.8) is 0 Å². The lowest BCUT2D eigenvalue weighted by Crippen LogP contribution is -2.53. The van der Waals surface area contributed by atoms with E-state index in [9.17, 15) is 18.3 Å². The van der Waals surface area contributed by atoms with E-state index in [0.717, 1.165) is 0 Å². The standard InChI is InChI=1S/C21H24F3N3O3/c1-19(2,15-7-5-9-17-18(15)30-13-29-17)11-20(28,21(22,23)24)12-26-16-8-4-3-6-14(16)10-27-25/h3-10,26,28H,11-13,25H2,1-2H3/b27-10-. The number of nitrogens with two attached hydrogens (primary N) is 1. The lowest BCUT2D eigenvalue weighted by Gasteiger charge is -2.38. The van der Waals surface area contributed by atoms with E-state index in [-0.39, 0.29) is 6.79 Å². The number of alkyl halides is 3. The van der Waals surface area contributed by atoms with Crippen LogP contribution >= 0.6 is 0 Å². The predicted molar refractivity (Wildman–Crippen MR) is 108 cm³/mol. The van der Waals surface area contributed by atoms with Gasteiger partial charge in [0.05, 0.1) is 12.8 Å². The van der Waals surface area contributed by atoms with Crippen molar-refractivity contribution in [2.45, 2.75) is 37.5 Å². The molecule has 0 bridgehead atoms. The third-order valence-electron chi connectivity index (χ3n) is 5.13. The van der Waals surface area contributed by atoms with Gasteiger partial charge in [-0.15, -0.1) is 0 Å². The van der Waals surface area contributed by atoms with Crippen LogP contribution in [-0.2, 0) is 5.41 Å². The number of aliphatic hydroxyl groups is 1. The Kier molecular flexibility index (Phi) is 5.85. The fourth-order valence-corrected chi connectivity index (χ4v) is 3.64. The van der Waals surface area contributed by atoms with Gasteiger partial charge in [-0.3, -0.25) is 0 Å². The van der Waals surface area contributed by atoms with Gasteiger partial charge in [-0.1, -0.05) is 44.2 Å². The highest BCUT2D eigenvalue weighted by Crippen LogP contribution is 2.47. The molecular formula is C21H24F3N3O3. The normalized spacial score (nSPS) is 15.9. The highest BCUT2D eigenvalue weighted by molar-refractivity contribution is 5.87. The van der Waals surface area contributed by atoms with Crippen molar-refractivity contribution in [1.82, 2.24) is 0 Å². The van der Waals surface area contributed by atoms with Gasteiger partial charge >= 0.3 is 6.18 Å². The minimum absolute atomic E-state index is 0.00695. The van der Waals surface area contributed by atoms with E-state index in [0.29, 0.717) is 28.3 Å². The molecule has 0 saturated carbocycles. The number of nitrogens with zero attached hydrogens (tertiary/aromatic N) is 1. The van der Waals surface area contributed by atoms with Crippen molar-refractivity contribution in [3.8, 4) is 11.5 Å². The predicted octanol–water partition coefficient (Wildman–Crippen LogP) is 3.78. The number of halogens is 3. The Balaban J connectivity index is 1.88. The van der Waals surface area contributed by atoms with E-state index in [1.165, 1.54) is 6.21 Å². The van der Waals surface area contributed by atoms with Crippen LogP contribution in [0.1, 0.15) is 31.4 Å². The number of fused-ring (bicyclic) bond motifs is 1. The van der Waals surface area contributed by atoms with E-state index in [4.69, 9.17) is 15.3 Å². The van der Waals surface area contributed by atoms with Crippen molar-refractivity contribution >= 4 is 11.9 Å². The van der Waals surface area contributed by atoms with E-state index in [1.807, 2.05) is 0 Å². The SMILES string of the molecule is CC(C)(CC(O)(CNc1ccccc1/C=N\N)C(F)(F)F)c1cccc2c1OCO2. The van der Waals surface area contributed by atoms with Crippen LogP contribution in [0.25, 0.3) is 0 Å². The van der Waals surface area contributed by atoms with Crippen molar-refractivity contribution in [3.05, 3.63) is 53.6 Å². The molecule has 162 valence electrons. The zero-order chi connectivity index (χ0) is 22.0. The Morgan fingerprint density at radius 2 is 1.87 bits per heavy atom. The van der Waals surface area contributed by atoms with Gasteiger partial charge < -0.3 is 25.7 Å². The number of anilines is 1. The van der Waals surface area contributed by atoms with Gasteiger partial charge in [0, 0.05) is 16.8 Å². The molecular weight excluding hydrogens is 399 g/mol. The van der Waals surface area contributed by atoms with Crippen molar-refractivity contribution in [1.29, 1.82) is 0 Å². The summed E-state index contributed by atoms with van der Waals surface area (Å²) in [4.78, 5) is 0. The van der Waals surface area contributed by atoms with Crippen molar-refractivity contribution < 1.29 is 27.8 Å². The molecule has 1 aliphatic heterocycles. The first-order chi connectivity index (χ1) is 14.1. The molecule has 0 spiro atoms. The minimum atomic E-state index is -4.87. The van der Waals surface area contributed by atoms with Gasteiger partial charge in [0.25, 0.3) is 0 Å². The van der Waals surface area contributed by atoms with E-state index >= 15 is 0 Å². The van der Waals surface area contributed by atoms with Gasteiger partial charge in [0.2, 0.25) is 6.79 Å². The number of rotatable bonds is 7. The molecule has 2 aromatic rings. The molecule has 0 radical (unpaired) electrons. The highest BCUT2D eigenvalue weighted by atomic mass is 19.4. The molecule has 1 unspecified atom stereocenters. The summed E-state index contributed by atoms with van der Waals surface area (Å²) in [5.41, 5.74) is -2.65. The van der Waals surface area contributed by atoms with Gasteiger partial charge in [0.1, 0.15) is 0 Å². The molecule has 6 nitrogen and oxygen atoms in total. The number of nitrogens with one attached hydrogen (secondary N) is 1. The Labute approximate surface area is 172 Å². The molecule has 30 heavy (non-hydrogen) atoms. The molecule has 2 aromatic carbocycles. The summed E-state index contributed by atoms with van der Waals surface area (Å²) in [6, 6.07) is 11.7. The Bertz CT molecular complexity index is 931. The largest absolute Gasteiger partial charge is 0.454 e. The van der Waals surface area contributed by atoms with Crippen LogP contribution in [0.2, 0.25) is 0 Å². The zero-order valence-electron chi connectivity index (χ0n) is 16.7. The molecule has 0 fully saturated rings. The van der Waals surface area contributed by atoms with Gasteiger partial charge in [-0.2, -0.15) is 18.3 Å². The fourth-order valence-electron chi connectivity index (χ4n) is 3.64. The highest BCUT2D eigenvalue weighted by Gasteiger charge is 2.56. The number of benzene rings is 2. The zero-order valence-corrected chi connectivity index (χ0v) is 16.7. The minimum Gasteiger partial charge on any atom is -0.454 e. The molecule has 0 aromatic heterocycles. The molecule has 1 atom stereocenters. The number of hydrogen-bond acceptors (Lipinski definition) is 6. The molecule has 1 aliphatic rings. The molecule has 1 heterocycles. The second-order valence-electron chi connectivity index (χ2n) is 7.85. The summed E-state index contributed by atoms with van der Waals surface area (Å²) in [7, 11) is 0. The van der Waals surface area contributed by atoms with E-state index in [2.05, 4.69) is 10.4 Å². The number of hydrazone groups is 1. The second kappa shape index (κ2) is 8.06. The summed E-state index contributed by atoms with van der Waals surface area (Å²) in [6.45, 7) is 2.53. The smallest absolute Gasteiger partial charge is 0.418 e. The van der Waals surface area contributed by atoms with Crippen LogP contribution in [0, 0.1) is 0 Å². The third kappa shape index (κ3) is 4.30.